The summed E-state index contributed by atoms with van der Waals surface area (Å²) in [5.41, 5.74) is 1.59. The van der Waals surface area contributed by atoms with Crippen LogP contribution in [0.4, 0.5) is 10.1 Å². The number of benzene rings is 1. The first-order valence-corrected chi connectivity index (χ1v) is 6.11. The minimum Gasteiger partial charge on any atom is -0.308 e. The quantitative estimate of drug-likeness (QED) is 0.847. The lowest BCUT2D eigenvalue weighted by Gasteiger charge is -2.21. The molecule has 0 N–H and O–H groups in total. The fraction of sp³-hybridized carbons (Fsp3) is 0.200. The number of hydrogen-bond acceptors (Lipinski definition) is 2. The molecule has 0 bridgehead atoms. The summed E-state index contributed by atoms with van der Waals surface area (Å²) in [6, 6.07) is 8.09. The largest absolute Gasteiger partial charge is 0.308 e. The smallest absolute Gasteiger partial charge is 0.261 e. The van der Waals surface area contributed by atoms with E-state index in [-0.39, 0.29) is 11.5 Å². The molecular formula is C15H15FN2O. The van der Waals surface area contributed by atoms with Crippen molar-refractivity contribution < 1.29 is 9.18 Å². The lowest BCUT2D eigenvalue weighted by atomic mass is 10.1. The van der Waals surface area contributed by atoms with E-state index in [9.17, 15) is 9.18 Å². The van der Waals surface area contributed by atoms with Gasteiger partial charge in [-0.1, -0.05) is 6.07 Å². The first kappa shape index (κ1) is 13.2. The summed E-state index contributed by atoms with van der Waals surface area (Å²) < 4.78 is 13.9. The predicted molar refractivity (Wildman–Crippen MR) is 72.7 cm³/mol. The number of rotatable bonds is 3. The van der Waals surface area contributed by atoms with E-state index in [0.717, 1.165) is 5.56 Å². The Hall–Kier alpha value is -2.23. The number of anilines is 1. The van der Waals surface area contributed by atoms with Crippen molar-refractivity contribution >= 4 is 11.6 Å². The third-order valence-electron chi connectivity index (χ3n) is 2.89. The van der Waals surface area contributed by atoms with Gasteiger partial charge in [0.25, 0.3) is 5.91 Å². The summed E-state index contributed by atoms with van der Waals surface area (Å²) in [6.07, 6.45) is 3.22. The average molecular weight is 258 g/mol. The molecular weight excluding hydrogens is 243 g/mol. The second-order valence-electron chi connectivity index (χ2n) is 4.24. The third kappa shape index (κ3) is 2.78. The Morgan fingerprint density at radius 2 is 1.95 bits per heavy atom. The van der Waals surface area contributed by atoms with Gasteiger partial charge in [0.1, 0.15) is 5.82 Å². The molecule has 1 amide bonds. The minimum absolute atomic E-state index is 0.0873. The van der Waals surface area contributed by atoms with Crippen LogP contribution in [0.3, 0.4) is 0 Å². The Balaban J connectivity index is 2.36. The molecule has 1 aromatic carbocycles. The summed E-state index contributed by atoms with van der Waals surface area (Å²) >= 11 is 0. The molecule has 1 aromatic heterocycles. The van der Waals surface area contributed by atoms with Gasteiger partial charge >= 0.3 is 0 Å². The first-order valence-electron chi connectivity index (χ1n) is 6.11. The summed E-state index contributed by atoms with van der Waals surface area (Å²) in [5, 5.41) is 0. The molecule has 19 heavy (non-hydrogen) atoms. The van der Waals surface area contributed by atoms with E-state index in [2.05, 4.69) is 4.98 Å². The van der Waals surface area contributed by atoms with Gasteiger partial charge in [-0.3, -0.25) is 9.78 Å². The fourth-order valence-corrected chi connectivity index (χ4v) is 1.91. The fourth-order valence-electron chi connectivity index (χ4n) is 1.91. The minimum atomic E-state index is -0.488. The Labute approximate surface area is 111 Å². The van der Waals surface area contributed by atoms with Gasteiger partial charge in [-0.15, -0.1) is 0 Å². The highest BCUT2D eigenvalue weighted by Crippen LogP contribution is 2.18. The van der Waals surface area contributed by atoms with E-state index < -0.39 is 5.82 Å². The van der Waals surface area contributed by atoms with Gasteiger partial charge in [0, 0.05) is 24.6 Å². The average Bonchev–Trinajstić information content (AvgIpc) is 2.40. The van der Waals surface area contributed by atoms with Crippen LogP contribution >= 0.6 is 0 Å². The van der Waals surface area contributed by atoms with E-state index in [1.54, 1.807) is 37.5 Å². The van der Waals surface area contributed by atoms with Gasteiger partial charge in [0.05, 0.1) is 5.56 Å². The SMILES string of the molecule is CCN(C(=O)c1ccc(C)cc1F)c1ccncc1. The monoisotopic (exact) mass is 258 g/mol. The number of aryl methyl sites for hydroxylation is 1. The van der Waals surface area contributed by atoms with Gasteiger partial charge < -0.3 is 4.90 Å². The Morgan fingerprint density at radius 3 is 2.53 bits per heavy atom. The molecule has 0 atom stereocenters. The molecule has 4 heteroatoms. The molecule has 0 aliphatic heterocycles. The maximum atomic E-state index is 13.9. The highest BCUT2D eigenvalue weighted by molar-refractivity contribution is 6.06. The number of nitrogens with zero attached hydrogens (tertiary/aromatic N) is 2. The zero-order chi connectivity index (χ0) is 13.8. The third-order valence-corrected chi connectivity index (χ3v) is 2.89. The van der Waals surface area contributed by atoms with Crippen LogP contribution in [-0.2, 0) is 0 Å². The molecule has 0 aliphatic carbocycles. The van der Waals surface area contributed by atoms with Crippen molar-refractivity contribution in [2.45, 2.75) is 13.8 Å². The van der Waals surface area contributed by atoms with E-state index >= 15 is 0 Å². The molecule has 0 saturated carbocycles. The molecule has 0 spiro atoms. The number of amides is 1. The van der Waals surface area contributed by atoms with Crippen molar-refractivity contribution in [2.75, 3.05) is 11.4 Å². The van der Waals surface area contributed by atoms with Crippen molar-refractivity contribution in [3.63, 3.8) is 0 Å². The summed E-state index contributed by atoms with van der Waals surface area (Å²) in [6.45, 7) is 4.11. The molecule has 1 heterocycles. The van der Waals surface area contributed by atoms with Gasteiger partial charge in [-0.05, 0) is 43.7 Å². The van der Waals surface area contributed by atoms with E-state index in [1.165, 1.54) is 17.0 Å². The molecule has 0 saturated heterocycles. The highest BCUT2D eigenvalue weighted by Gasteiger charge is 2.19. The second kappa shape index (κ2) is 5.61. The zero-order valence-corrected chi connectivity index (χ0v) is 10.9. The van der Waals surface area contributed by atoms with Crippen molar-refractivity contribution in [3.05, 3.63) is 59.7 Å². The van der Waals surface area contributed by atoms with E-state index in [1.807, 2.05) is 6.92 Å². The van der Waals surface area contributed by atoms with Crippen LogP contribution in [0, 0.1) is 12.7 Å². The molecule has 98 valence electrons. The van der Waals surface area contributed by atoms with Gasteiger partial charge in [-0.2, -0.15) is 0 Å². The maximum Gasteiger partial charge on any atom is 0.261 e. The maximum absolute atomic E-state index is 13.9. The normalized spacial score (nSPS) is 10.3. The molecule has 0 radical (unpaired) electrons. The van der Waals surface area contributed by atoms with Crippen LogP contribution in [0.2, 0.25) is 0 Å². The van der Waals surface area contributed by atoms with Crippen molar-refractivity contribution in [1.29, 1.82) is 0 Å². The lowest BCUT2D eigenvalue weighted by Crippen LogP contribution is -2.31. The molecule has 3 nitrogen and oxygen atoms in total. The van der Waals surface area contributed by atoms with Crippen LogP contribution in [0.15, 0.2) is 42.7 Å². The molecule has 2 aromatic rings. The number of pyridine rings is 1. The Bertz CT molecular complexity index is 584. The van der Waals surface area contributed by atoms with Crippen LogP contribution in [0.5, 0.6) is 0 Å². The van der Waals surface area contributed by atoms with Crippen LogP contribution < -0.4 is 4.90 Å². The van der Waals surface area contributed by atoms with Crippen molar-refractivity contribution in [1.82, 2.24) is 4.98 Å². The van der Waals surface area contributed by atoms with Crippen molar-refractivity contribution in [2.24, 2.45) is 0 Å². The standard InChI is InChI=1S/C15H15FN2O/c1-3-18(12-6-8-17-9-7-12)15(19)13-5-4-11(2)10-14(13)16/h4-10H,3H2,1-2H3. The summed E-state index contributed by atoms with van der Waals surface area (Å²) in [5.74, 6) is -0.830. The number of halogens is 1. The molecule has 2 rings (SSSR count). The van der Waals surface area contributed by atoms with E-state index in [4.69, 9.17) is 0 Å². The van der Waals surface area contributed by atoms with Crippen LogP contribution in [0.25, 0.3) is 0 Å². The lowest BCUT2D eigenvalue weighted by molar-refractivity contribution is 0.0984. The number of hydrogen-bond donors (Lipinski definition) is 0. The van der Waals surface area contributed by atoms with Gasteiger partial charge in [-0.25, -0.2) is 4.39 Å². The van der Waals surface area contributed by atoms with Crippen LogP contribution in [-0.4, -0.2) is 17.4 Å². The summed E-state index contributed by atoms with van der Waals surface area (Å²) in [7, 11) is 0. The number of carbonyl (C=O) groups is 1. The molecule has 0 fully saturated rings. The van der Waals surface area contributed by atoms with Gasteiger partial charge in [0.2, 0.25) is 0 Å². The Kier molecular flexibility index (Phi) is 3.90. The van der Waals surface area contributed by atoms with Crippen LogP contribution in [0.1, 0.15) is 22.8 Å². The molecule has 0 unspecified atom stereocenters. The second-order valence-corrected chi connectivity index (χ2v) is 4.24. The Morgan fingerprint density at radius 1 is 1.26 bits per heavy atom. The zero-order valence-electron chi connectivity index (χ0n) is 10.9. The predicted octanol–water partition coefficient (Wildman–Crippen LogP) is 3.20. The van der Waals surface area contributed by atoms with Gasteiger partial charge in [0.15, 0.2) is 0 Å². The summed E-state index contributed by atoms with van der Waals surface area (Å²) in [4.78, 5) is 17.8. The number of aromatic nitrogens is 1. The highest BCUT2D eigenvalue weighted by atomic mass is 19.1. The topological polar surface area (TPSA) is 33.2 Å². The van der Waals surface area contributed by atoms with E-state index in [0.29, 0.717) is 12.2 Å². The number of carbonyl (C=O) groups excluding carboxylic acids is 1. The van der Waals surface area contributed by atoms with Crippen molar-refractivity contribution in [3.8, 4) is 0 Å². The first-order chi connectivity index (χ1) is 9.13. The molecule has 0 aliphatic rings.